The van der Waals surface area contributed by atoms with Crippen LogP contribution in [-0.4, -0.2) is 17.1 Å². The number of aromatic hydroxyl groups is 1. The number of benzene rings is 2. The zero-order valence-electron chi connectivity index (χ0n) is 11.0. The molecule has 4 N–H and O–H groups in total. The van der Waals surface area contributed by atoms with Gasteiger partial charge < -0.3 is 16.2 Å². The Morgan fingerprint density at radius 2 is 1.95 bits per heavy atom. The summed E-state index contributed by atoms with van der Waals surface area (Å²) in [5.74, 6) is -0.109. The molecule has 1 amide bonds. The maximum Gasteiger partial charge on any atom is 0.241 e. The summed E-state index contributed by atoms with van der Waals surface area (Å²) in [6, 6.07) is 11.1. The van der Waals surface area contributed by atoms with Gasteiger partial charge in [0, 0.05) is 10.2 Å². The quantitative estimate of drug-likeness (QED) is 0.774. The Bertz CT molecular complexity index is 647. The summed E-state index contributed by atoms with van der Waals surface area (Å²) < 4.78 is 0.760. The molecule has 0 fully saturated rings. The molecule has 110 valence electrons. The minimum Gasteiger partial charge on any atom is -0.508 e. The minimum atomic E-state index is -0.683. The van der Waals surface area contributed by atoms with Crippen LogP contribution in [-0.2, 0) is 11.2 Å². The molecule has 0 unspecified atom stereocenters. The summed E-state index contributed by atoms with van der Waals surface area (Å²) in [6.07, 6.45) is 0.385. The van der Waals surface area contributed by atoms with E-state index < -0.39 is 6.04 Å². The fraction of sp³-hybridized carbons (Fsp3) is 0.133. The van der Waals surface area contributed by atoms with Crippen LogP contribution in [0.25, 0.3) is 0 Å². The molecule has 0 aromatic heterocycles. The SMILES string of the molecule is N[C@@H](Cc1ccc(O)cc1)C(=O)Nc1ccc(Br)c(Cl)c1. The van der Waals surface area contributed by atoms with Crippen molar-refractivity contribution in [2.45, 2.75) is 12.5 Å². The van der Waals surface area contributed by atoms with Gasteiger partial charge >= 0.3 is 0 Å². The van der Waals surface area contributed by atoms with Crippen LogP contribution in [0.2, 0.25) is 5.02 Å². The Morgan fingerprint density at radius 1 is 1.29 bits per heavy atom. The second-order valence-electron chi connectivity index (χ2n) is 4.60. The number of hydrogen-bond acceptors (Lipinski definition) is 3. The fourth-order valence-electron chi connectivity index (χ4n) is 1.79. The second-order valence-corrected chi connectivity index (χ2v) is 5.86. The van der Waals surface area contributed by atoms with Crippen LogP contribution in [0.1, 0.15) is 5.56 Å². The van der Waals surface area contributed by atoms with Gasteiger partial charge in [-0.25, -0.2) is 0 Å². The van der Waals surface area contributed by atoms with E-state index >= 15 is 0 Å². The Morgan fingerprint density at radius 3 is 2.57 bits per heavy atom. The van der Waals surface area contributed by atoms with Crippen LogP contribution < -0.4 is 11.1 Å². The molecule has 0 aliphatic carbocycles. The van der Waals surface area contributed by atoms with Crippen molar-refractivity contribution < 1.29 is 9.90 Å². The highest BCUT2D eigenvalue weighted by Crippen LogP contribution is 2.25. The number of phenolic OH excluding ortho intramolecular Hbond substituents is 1. The van der Waals surface area contributed by atoms with E-state index in [0.717, 1.165) is 10.0 Å². The summed E-state index contributed by atoms with van der Waals surface area (Å²) in [6.45, 7) is 0. The van der Waals surface area contributed by atoms with E-state index in [4.69, 9.17) is 17.3 Å². The molecule has 0 bridgehead atoms. The molecule has 0 radical (unpaired) electrons. The van der Waals surface area contributed by atoms with Crippen molar-refractivity contribution in [3.63, 3.8) is 0 Å². The third kappa shape index (κ3) is 4.46. The van der Waals surface area contributed by atoms with Crippen LogP contribution >= 0.6 is 27.5 Å². The maximum atomic E-state index is 12.0. The van der Waals surface area contributed by atoms with Gasteiger partial charge in [0.1, 0.15) is 5.75 Å². The molecule has 0 spiro atoms. The third-order valence-corrected chi connectivity index (χ3v) is 4.15. The van der Waals surface area contributed by atoms with Crippen molar-refractivity contribution in [3.05, 3.63) is 57.5 Å². The number of carbonyl (C=O) groups is 1. The highest BCUT2D eigenvalue weighted by atomic mass is 79.9. The molecule has 0 aliphatic rings. The van der Waals surface area contributed by atoms with Gasteiger partial charge in [-0.05, 0) is 58.2 Å². The van der Waals surface area contributed by atoms with Gasteiger partial charge in [-0.15, -0.1) is 0 Å². The number of amides is 1. The number of nitrogens with two attached hydrogens (primary N) is 1. The lowest BCUT2D eigenvalue weighted by atomic mass is 10.1. The molecular formula is C15H14BrClN2O2. The summed E-state index contributed by atoms with van der Waals surface area (Å²) in [5, 5.41) is 12.5. The monoisotopic (exact) mass is 368 g/mol. The summed E-state index contributed by atoms with van der Waals surface area (Å²) in [7, 11) is 0. The van der Waals surface area contributed by atoms with E-state index in [-0.39, 0.29) is 11.7 Å². The van der Waals surface area contributed by atoms with Gasteiger partial charge in [0.05, 0.1) is 11.1 Å². The highest BCUT2D eigenvalue weighted by molar-refractivity contribution is 9.10. The third-order valence-electron chi connectivity index (χ3n) is 2.92. The first-order valence-electron chi connectivity index (χ1n) is 6.25. The fourth-order valence-corrected chi connectivity index (χ4v) is 2.21. The average molecular weight is 370 g/mol. The standard InChI is InChI=1S/C15H14BrClN2O2/c16-12-6-3-10(8-13(12)17)19-15(21)14(18)7-9-1-4-11(20)5-2-9/h1-6,8,14,20H,7,18H2,(H,19,21)/t14-/m0/s1. The zero-order chi connectivity index (χ0) is 15.4. The Kier molecular flexibility index (Phi) is 5.22. The molecule has 4 nitrogen and oxygen atoms in total. The van der Waals surface area contributed by atoms with E-state index in [9.17, 15) is 9.90 Å². The molecule has 6 heteroatoms. The van der Waals surface area contributed by atoms with Gasteiger partial charge in [-0.2, -0.15) is 0 Å². The van der Waals surface area contributed by atoms with Crippen molar-refractivity contribution in [1.82, 2.24) is 0 Å². The average Bonchev–Trinajstić information content (AvgIpc) is 2.45. The predicted molar refractivity (Wildman–Crippen MR) is 87.6 cm³/mol. The largest absolute Gasteiger partial charge is 0.508 e. The smallest absolute Gasteiger partial charge is 0.241 e. The number of phenols is 1. The normalized spacial score (nSPS) is 12.0. The van der Waals surface area contributed by atoms with Crippen LogP contribution in [0.3, 0.4) is 0 Å². The summed E-state index contributed by atoms with van der Waals surface area (Å²) >= 11 is 9.25. The molecule has 2 rings (SSSR count). The molecule has 0 saturated heterocycles. The van der Waals surface area contributed by atoms with Crippen LogP contribution in [0.15, 0.2) is 46.9 Å². The van der Waals surface area contributed by atoms with Crippen LogP contribution in [0, 0.1) is 0 Å². The lowest BCUT2D eigenvalue weighted by Crippen LogP contribution is -2.37. The van der Waals surface area contributed by atoms with E-state index in [1.165, 1.54) is 0 Å². The van der Waals surface area contributed by atoms with E-state index in [1.807, 2.05) is 0 Å². The van der Waals surface area contributed by atoms with Crippen molar-refractivity contribution in [3.8, 4) is 5.75 Å². The lowest BCUT2D eigenvalue weighted by molar-refractivity contribution is -0.117. The predicted octanol–water partition coefficient (Wildman–Crippen LogP) is 3.32. The van der Waals surface area contributed by atoms with Crippen LogP contribution in [0.5, 0.6) is 5.75 Å². The Labute approximate surface area is 136 Å². The first kappa shape index (κ1) is 15.8. The molecule has 1 atom stereocenters. The second kappa shape index (κ2) is 6.93. The van der Waals surface area contributed by atoms with Gasteiger partial charge in [-0.1, -0.05) is 23.7 Å². The van der Waals surface area contributed by atoms with Crippen molar-refractivity contribution in [1.29, 1.82) is 0 Å². The minimum absolute atomic E-state index is 0.182. The Hall–Kier alpha value is -1.56. The zero-order valence-corrected chi connectivity index (χ0v) is 13.4. The molecular weight excluding hydrogens is 356 g/mol. The number of nitrogens with one attached hydrogen (secondary N) is 1. The molecule has 2 aromatic rings. The summed E-state index contributed by atoms with van der Waals surface area (Å²) in [5.41, 5.74) is 7.36. The first-order chi connectivity index (χ1) is 9.95. The number of carbonyl (C=O) groups excluding carboxylic acids is 1. The van der Waals surface area contributed by atoms with E-state index in [2.05, 4.69) is 21.2 Å². The molecule has 0 aliphatic heterocycles. The molecule has 0 saturated carbocycles. The molecule has 2 aromatic carbocycles. The molecule has 0 heterocycles. The topological polar surface area (TPSA) is 75.3 Å². The number of rotatable bonds is 4. The first-order valence-corrected chi connectivity index (χ1v) is 7.42. The number of halogens is 2. The maximum absolute atomic E-state index is 12.0. The van der Waals surface area contributed by atoms with Gasteiger partial charge in [0.15, 0.2) is 0 Å². The van der Waals surface area contributed by atoms with Gasteiger partial charge in [0.2, 0.25) is 5.91 Å². The van der Waals surface area contributed by atoms with Crippen molar-refractivity contribution in [2.24, 2.45) is 5.73 Å². The lowest BCUT2D eigenvalue weighted by Gasteiger charge is -2.13. The Balaban J connectivity index is 1.98. The highest BCUT2D eigenvalue weighted by Gasteiger charge is 2.14. The van der Waals surface area contributed by atoms with E-state index in [0.29, 0.717) is 17.1 Å². The van der Waals surface area contributed by atoms with E-state index in [1.54, 1.807) is 42.5 Å². The van der Waals surface area contributed by atoms with Gasteiger partial charge in [0.25, 0.3) is 0 Å². The van der Waals surface area contributed by atoms with Crippen molar-refractivity contribution >= 4 is 39.1 Å². The van der Waals surface area contributed by atoms with Crippen LogP contribution in [0.4, 0.5) is 5.69 Å². The number of anilines is 1. The molecule has 21 heavy (non-hydrogen) atoms. The summed E-state index contributed by atoms with van der Waals surface area (Å²) in [4.78, 5) is 12.0. The van der Waals surface area contributed by atoms with Crippen molar-refractivity contribution in [2.75, 3.05) is 5.32 Å². The number of hydrogen-bond donors (Lipinski definition) is 3. The van der Waals surface area contributed by atoms with Gasteiger partial charge in [-0.3, -0.25) is 4.79 Å².